The molecule has 0 aliphatic heterocycles. The summed E-state index contributed by atoms with van der Waals surface area (Å²) < 4.78 is 15.8. The first-order valence-corrected chi connectivity index (χ1v) is 7.19. The van der Waals surface area contributed by atoms with Gasteiger partial charge in [-0.05, 0) is 31.2 Å². The molecule has 1 heterocycles. The Morgan fingerprint density at radius 2 is 2.26 bits per heavy atom. The molecule has 0 fully saturated rings. The van der Waals surface area contributed by atoms with Crippen molar-refractivity contribution in [3.63, 3.8) is 0 Å². The monoisotopic (exact) mass is 334 g/mol. The number of allylic oxidation sites excluding steroid dienone is 3. The first-order valence-electron chi connectivity index (χ1n) is 6.81. The fourth-order valence-electron chi connectivity index (χ4n) is 1.63. The van der Waals surface area contributed by atoms with Crippen LogP contribution in [-0.2, 0) is 9.53 Å². The molecule has 0 unspecified atom stereocenters. The van der Waals surface area contributed by atoms with Crippen LogP contribution < -0.4 is 15.2 Å². The summed E-state index contributed by atoms with van der Waals surface area (Å²) in [5.41, 5.74) is 9.05. The van der Waals surface area contributed by atoms with Gasteiger partial charge in [0.2, 0.25) is 0 Å². The Labute approximate surface area is 138 Å². The number of rotatable bonds is 6. The molecular formula is C16H15ClN2O4. The van der Waals surface area contributed by atoms with Crippen molar-refractivity contribution in [2.24, 2.45) is 5.73 Å². The standard InChI is InChI=1S/C16H15ClN2O4/c1-2-21-15(20)10-22-16-14(4-3-7-19-16)23-13-8-11(17)5-6-12(18)9-13/h3-7,9H,2,10,18H2,1H3. The maximum atomic E-state index is 11.4. The number of pyridine rings is 1. The Morgan fingerprint density at radius 3 is 3.04 bits per heavy atom. The smallest absolute Gasteiger partial charge is 0.344 e. The van der Waals surface area contributed by atoms with Gasteiger partial charge in [0.1, 0.15) is 0 Å². The van der Waals surface area contributed by atoms with E-state index in [-0.39, 0.29) is 19.1 Å². The van der Waals surface area contributed by atoms with Gasteiger partial charge in [0.05, 0.1) is 11.6 Å². The van der Waals surface area contributed by atoms with Gasteiger partial charge in [0.25, 0.3) is 5.88 Å². The number of carbonyl (C=O) groups excluding carboxylic acids is 1. The van der Waals surface area contributed by atoms with E-state index in [0.29, 0.717) is 22.2 Å². The highest BCUT2D eigenvalue weighted by molar-refractivity contribution is 6.31. The van der Waals surface area contributed by atoms with Gasteiger partial charge in [0, 0.05) is 18.0 Å². The molecule has 0 aromatic carbocycles. The number of halogens is 1. The Bertz CT molecular complexity index is 719. The predicted octanol–water partition coefficient (Wildman–Crippen LogP) is 2.42. The molecular weight excluding hydrogens is 320 g/mol. The van der Waals surface area contributed by atoms with E-state index >= 15 is 0 Å². The quantitative estimate of drug-likeness (QED) is 0.635. The molecule has 6 nitrogen and oxygen atoms in total. The molecule has 23 heavy (non-hydrogen) atoms. The van der Waals surface area contributed by atoms with Gasteiger partial charge in [-0.15, -0.1) is 0 Å². The Hall–Kier alpha value is -2.69. The minimum atomic E-state index is -0.492. The van der Waals surface area contributed by atoms with E-state index in [9.17, 15) is 4.79 Å². The zero-order valence-electron chi connectivity index (χ0n) is 12.4. The second-order valence-corrected chi connectivity index (χ2v) is 4.72. The molecule has 0 radical (unpaired) electrons. The van der Waals surface area contributed by atoms with Crippen LogP contribution in [0.15, 0.2) is 58.8 Å². The molecule has 2 rings (SSSR count). The average Bonchev–Trinajstić information content (AvgIpc) is 2.67. The molecule has 1 aliphatic rings. The number of hydrogen-bond acceptors (Lipinski definition) is 6. The van der Waals surface area contributed by atoms with Crippen molar-refractivity contribution in [3.05, 3.63) is 58.8 Å². The lowest BCUT2D eigenvalue weighted by atomic mass is 10.3. The van der Waals surface area contributed by atoms with Crippen molar-refractivity contribution < 1.29 is 19.0 Å². The molecule has 1 aromatic heterocycles. The Morgan fingerprint density at radius 1 is 1.43 bits per heavy atom. The zero-order chi connectivity index (χ0) is 16.7. The zero-order valence-corrected chi connectivity index (χ0v) is 13.2. The number of nitrogens with zero attached hydrogens (tertiary/aromatic N) is 1. The van der Waals surface area contributed by atoms with E-state index in [1.54, 1.807) is 37.3 Å². The summed E-state index contributed by atoms with van der Waals surface area (Å²) in [4.78, 5) is 15.4. The van der Waals surface area contributed by atoms with Gasteiger partial charge in [-0.2, -0.15) is 0 Å². The number of nitrogens with two attached hydrogens (primary N) is 1. The topological polar surface area (TPSA) is 83.7 Å². The van der Waals surface area contributed by atoms with E-state index < -0.39 is 5.97 Å². The van der Waals surface area contributed by atoms with Crippen LogP contribution in [0, 0.1) is 0 Å². The van der Waals surface area contributed by atoms with Gasteiger partial charge in [-0.25, -0.2) is 9.78 Å². The molecule has 1 aliphatic carbocycles. The molecule has 2 N–H and O–H groups in total. The van der Waals surface area contributed by atoms with Crippen LogP contribution in [0.1, 0.15) is 6.92 Å². The molecule has 0 saturated heterocycles. The lowest BCUT2D eigenvalue weighted by Crippen LogP contribution is -2.15. The Balaban J connectivity index is 2.16. The molecule has 0 atom stereocenters. The minimum absolute atomic E-state index is 0.148. The van der Waals surface area contributed by atoms with Crippen molar-refractivity contribution in [2.75, 3.05) is 13.2 Å². The van der Waals surface area contributed by atoms with Crippen LogP contribution in [0.3, 0.4) is 0 Å². The van der Waals surface area contributed by atoms with Crippen LogP contribution in [0.2, 0.25) is 0 Å². The van der Waals surface area contributed by atoms with Gasteiger partial charge < -0.3 is 19.9 Å². The summed E-state index contributed by atoms with van der Waals surface area (Å²) in [6, 6.07) is 3.30. The van der Waals surface area contributed by atoms with Crippen molar-refractivity contribution in [2.45, 2.75) is 6.92 Å². The first-order chi connectivity index (χ1) is 11.1. The second-order valence-electron chi connectivity index (χ2n) is 4.32. The van der Waals surface area contributed by atoms with E-state index in [1.807, 2.05) is 0 Å². The fraction of sp³-hybridized carbons (Fsp3) is 0.188. The van der Waals surface area contributed by atoms with Crippen molar-refractivity contribution >= 4 is 17.6 Å². The molecule has 0 saturated carbocycles. The summed E-state index contributed by atoms with van der Waals surface area (Å²) in [7, 11) is 0. The third-order valence-electron chi connectivity index (χ3n) is 2.55. The summed E-state index contributed by atoms with van der Waals surface area (Å²) in [6.07, 6.45) is 6.32. The number of esters is 1. The highest BCUT2D eigenvalue weighted by Gasteiger charge is 2.11. The molecule has 0 bridgehead atoms. The molecule has 0 amide bonds. The third kappa shape index (κ3) is 5.21. The van der Waals surface area contributed by atoms with Gasteiger partial charge in [-0.1, -0.05) is 17.3 Å². The Kier molecular flexibility index (Phi) is 5.86. The van der Waals surface area contributed by atoms with E-state index in [0.717, 1.165) is 0 Å². The lowest BCUT2D eigenvalue weighted by molar-refractivity contribution is -0.145. The van der Waals surface area contributed by atoms with Crippen LogP contribution in [0.4, 0.5) is 0 Å². The van der Waals surface area contributed by atoms with Gasteiger partial charge in [-0.3, -0.25) is 0 Å². The normalized spacial score (nSPS) is 13.4. The van der Waals surface area contributed by atoms with E-state index in [1.165, 1.54) is 6.20 Å². The number of ether oxygens (including phenoxy) is 3. The third-order valence-corrected chi connectivity index (χ3v) is 2.77. The van der Waals surface area contributed by atoms with Crippen molar-refractivity contribution in [3.8, 4) is 11.6 Å². The second kappa shape index (κ2) is 8.08. The lowest BCUT2D eigenvalue weighted by Gasteiger charge is -2.10. The molecule has 120 valence electrons. The van der Waals surface area contributed by atoms with Crippen LogP contribution in [-0.4, -0.2) is 24.2 Å². The van der Waals surface area contributed by atoms with E-state index in [2.05, 4.69) is 10.7 Å². The fourth-order valence-corrected chi connectivity index (χ4v) is 1.79. The molecule has 7 heteroatoms. The van der Waals surface area contributed by atoms with Gasteiger partial charge in [0.15, 0.2) is 18.1 Å². The molecule has 0 spiro atoms. The largest absolute Gasteiger partial charge is 0.463 e. The highest BCUT2D eigenvalue weighted by Crippen LogP contribution is 2.26. The maximum absolute atomic E-state index is 11.4. The predicted molar refractivity (Wildman–Crippen MR) is 84.8 cm³/mol. The summed E-state index contributed by atoms with van der Waals surface area (Å²) >= 11 is 5.95. The van der Waals surface area contributed by atoms with Crippen LogP contribution >= 0.6 is 11.6 Å². The number of hydrogen-bond donors (Lipinski definition) is 1. The van der Waals surface area contributed by atoms with Crippen molar-refractivity contribution in [1.82, 2.24) is 4.98 Å². The van der Waals surface area contributed by atoms with Crippen molar-refractivity contribution in [1.29, 1.82) is 0 Å². The SMILES string of the molecule is CCOC(=O)COc1ncccc1OC1=C=C(Cl)C=CC(N)=C1. The van der Waals surface area contributed by atoms with Crippen LogP contribution in [0.25, 0.3) is 0 Å². The number of carbonyl (C=O) groups is 1. The summed E-state index contributed by atoms with van der Waals surface area (Å²) in [5.74, 6) is 0.255. The van der Waals surface area contributed by atoms with Gasteiger partial charge >= 0.3 is 5.97 Å². The average molecular weight is 335 g/mol. The highest BCUT2D eigenvalue weighted by atomic mass is 35.5. The summed E-state index contributed by atoms with van der Waals surface area (Å²) in [5, 5.41) is 0.342. The summed E-state index contributed by atoms with van der Waals surface area (Å²) in [6.45, 7) is 1.73. The minimum Gasteiger partial charge on any atom is -0.463 e. The van der Waals surface area contributed by atoms with Crippen LogP contribution in [0.5, 0.6) is 11.6 Å². The number of aromatic nitrogens is 1. The van der Waals surface area contributed by atoms with E-state index in [4.69, 9.17) is 31.5 Å². The first kappa shape index (κ1) is 16.7. The maximum Gasteiger partial charge on any atom is 0.344 e. The molecule has 1 aromatic rings.